The first kappa shape index (κ1) is 16.8. The van der Waals surface area contributed by atoms with E-state index in [1.165, 1.54) is 12.4 Å². The van der Waals surface area contributed by atoms with Crippen LogP contribution in [-0.4, -0.2) is 15.5 Å². The molecule has 1 aliphatic rings. The lowest BCUT2D eigenvalue weighted by molar-refractivity contribution is -0.124. The van der Waals surface area contributed by atoms with Crippen molar-refractivity contribution in [3.05, 3.63) is 77.6 Å². The standard InChI is InChI=1S/C20H17ClFN3O/c21-15-4-1-3-14(11-15)20(7-2-8-20)19(26)24-16-5-6-18(17(22)12-16)25-10-9-23-13-25/h1,3-6,9-13H,2,7-8H2,(H,24,26). The Balaban J connectivity index is 1.59. The number of nitrogens with zero attached hydrogens (tertiary/aromatic N) is 2. The van der Waals surface area contributed by atoms with Gasteiger partial charge in [0.15, 0.2) is 0 Å². The van der Waals surface area contributed by atoms with E-state index in [1.807, 2.05) is 18.2 Å². The van der Waals surface area contributed by atoms with Crippen molar-refractivity contribution in [2.24, 2.45) is 0 Å². The Kier molecular flexibility index (Phi) is 4.24. The summed E-state index contributed by atoms with van der Waals surface area (Å²) in [4.78, 5) is 16.9. The summed E-state index contributed by atoms with van der Waals surface area (Å²) in [5.41, 5.74) is 1.13. The number of imidazole rings is 1. The number of nitrogens with one attached hydrogen (secondary N) is 1. The highest BCUT2D eigenvalue weighted by Gasteiger charge is 2.45. The number of hydrogen-bond acceptors (Lipinski definition) is 2. The van der Waals surface area contributed by atoms with E-state index in [-0.39, 0.29) is 5.91 Å². The van der Waals surface area contributed by atoms with Crippen LogP contribution in [0.1, 0.15) is 24.8 Å². The lowest BCUT2D eigenvalue weighted by atomic mass is 9.64. The lowest BCUT2D eigenvalue weighted by Gasteiger charge is -2.40. The summed E-state index contributed by atoms with van der Waals surface area (Å²) in [6.45, 7) is 0. The highest BCUT2D eigenvalue weighted by molar-refractivity contribution is 6.30. The average Bonchev–Trinajstić information content (AvgIpc) is 3.08. The minimum atomic E-state index is -0.593. The van der Waals surface area contributed by atoms with E-state index in [4.69, 9.17) is 11.6 Å². The van der Waals surface area contributed by atoms with Gasteiger partial charge in [-0.05, 0) is 48.7 Å². The number of carbonyl (C=O) groups excluding carboxylic acids is 1. The summed E-state index contributed by atoms with van der Waals surface area (Å²) >= 11 is 6.10. The van der Waals surface area contributed by atoms with Gasteiger partial charge >= 0.3 is 0 Å². The van der Waals surface area contributed by atoms with Crippen LogP contribution in [0.25, 0.3) is 5.69 Å². The average molecular weight is 370 g/mol. The van der Waals surface area contributed by atoms with Crippen LogP contribution in [0.4, 0.5) is 10.1 Å². The highest BCUT2D eigenvalue weighted by atomic mass is 35.5. The Labute approximate surface area is 155 Å². The largest absolute Gasteiger partial charge is 0.325 e. The van der Waals surface area contributed by atoms with E-state index in [2.05, 4.69) is 10.3 Å². The maximum atomic E-state index is 14.4. The third-order valence-electron chi connectivity index (χ3n) is 5.01. The van der Waals surface area contributed by atoms with Crippen molar-refractivity contribution in [1.82, 2.24) is 9.55 Å². The molecule has 0 aliphatic heterocycles. The minimum absolute atomic E-state index is 0.124. The molecular weight excluding hydrogens is 353 g/mol. The van der Waals surface area contributed by atoms with E-state index < -0.39 is 11.2 Å². The number of benzene rings is 2. The third-order valence-corrected chi connectivity index (χ3v) is 5.24. The van der Waals surface area contributed by atoms with E-state index in [9.17, 15) is 9.18 Å². The molecule has 0 bridgehead atoms. The second-order valence-electron chi connectivity index (χ2n) is 6.54. The first-order valence-corrected chi connectivity index (χ1v) is 8.82. The molecule has 0 atom stereocenters. The van der Waals surface area contributed by atoms with Crippen molar-refractivity contribution in [1.29, 1.82) is 0 Å². The zero-order valence-electron chi connectivity index (χ0n) is 14.0. The molecule has 0 radical (unpaired) electrons. The maximum absolute atomic E-state index is 14.4. The van der Waals surface area contributed by atoms with Crippen molar-refractivity contribution in [3.63, 3.8) is 0 Å². The SMILES string of the molecule is O=C(Nc1ccc(-n2ccnc2)c(F)c1)C1(c2cccc(Cl)c2)CCC1. The summed E-state index contributed by atoms with van der Waals surface area (Å²) in [6.07, 6.45) is 7.27. The second kappa shape index (κ2) is 6.57. The third kappa shape index (κ3) is 2.88. The summed E-state index contributed by atoms with van der Waals surface area (Å²) in [5, 5.41) is 3.48. The van der Waals surface area contributed by atoms with Gasteiger partial charge in [0.1, 0.15) is 5.82 Å². The van der Waals surface area contributed by atoms with Crippen molar-refractivity contribution in [3.8, 4) is 5.69 Å². The zero-order valence-corrected chi connectivity index (χ0v) is 14.7. The molecule has 1 saturated carbocycles. The molecule has 0 saturated heterocycles. The fourth-order valence-electron chi connectivity index (χ4n) is 3.41. The van der Waals surface area contributed by atoms with Crippen LogP contribution < -0.4 is 5.32 Å². The van der Waals surface area contributed by atoms with E-state index in [1.54, 1.807) is 35.2 Å². The van der Waals surface area contributed by atoms with Gasteiger partial charge in [-0.2, -0.15) is 0 Å². The van der Waals surface area contributed by atoms with Crippen molar-refractivity contribution < 1.29 is 9.18 Å². The quantitative estimate of drug-likeness (QED) is 0.723. The number of halogens is 2. The number of hydrogen-bond donors (Lipinski definition) is 1. The summed E-state index contributed by atoms with van der Waals surface area (Å²) in [5.74, 6) is -0.549. The van der Waals surface area contributed by atoms with Crippen molar-refractivity contribution >= 4 is 23.2 Å². The van der Waals surface area contributed by atoms with Crippen LogP contribution in [0, 0.1) is 5.82 Å². The molecule has 1 amide bonds. The van der Waals surface area contributed by atoms with Gasteiger partial charge < -0.3 is 9.88 Å². The van der Waals surface area contributed by atoms with Crippen LogP contribution >= 0.6 is 11.6 Å². The van der Waals surface area contributed by atoms with Crippen molar-refractivity contribution in [2.75, 3.05) is 5.32 Å². The molecule has 6 heteroatoms. The number of aromatic nitrogens is 2. The first-order chi connectivity index (χ1) is 12.6. The minimum Gasteiger partial charge on any atom is -0.325 e. The Morgan fingerprint density at radius 2 is 2.08 bits per heavy atom. The van der Waals surface area contributed by atoms with Crippen LogP contribution in [-0.2, 0) is 10.2 Å². The summed E-state index contributed by atoms with van der Waals surface area (Å²) < 4.78 is 16.0. The predicted octanol–water partition coefficient (Wildman–Crippen LogP) is 4.73. The monoisotopic (exact) mass is 369 g/mol. The smallest absolute Gasteiger partial charge is 0.235 e. The molecule has 132 valence electrons. The van der Waals surface area contributed by atoms with E-state index >= 15 is 0 Å². The molecule has 1 fully saturated rings. The fourth-order valence-corrected chi connectivity index (χ4v) is 3.60. The number of amides is 1. The van der Waals surface area contributed by atoms with Crippen LogP contribution in [0.15, 0.2) is 61.2 Å². The summed E-state index contributed by atoms with van der Waals surface area (Å²) in [6, 6.07) is 12.1. The first-order valence-electron chi connectivity index (χ1n) is 8.44. The topological polar surface area (TPSA) is 46.9 Å². The molecular formula is C20H17ClFN3O. The molecule has 1 aromatic heterocycles. The Morgan fingerprint density at radius 1 is 1.23 bits per heavy atom. The van der Waals surface area contributed by atoms with Gasteiger partial charge in [-0.15, -0.1) is 0 Å². The fraction of sp³-hybridized carbons (Fsp3) is 0.200. The molecule has 1 heterocycles. The number of rotatable bonds is 4. The second-order valence-corrected chi connectivity index (χ2v) is 6.97. The van der Waals surface area contributed by atoms with Gasteiger partial charge in [-0.1, -0.05) is 30.2 Å². The van der Waals surface area contributed by atoms with E-state index in [0.717, 1.165) is 24.8 Å². The number of carbonyl (C=O) groups is 1. The Bertz CT molecular complexity index is 951. The zero-order chi connectivity index (χ0) is 18.1. The van der Waals surface area contributed by atoms with Crippen molar-refractivity contribution in [2.45, 2.75) is 24.7 Å². The lowest BCUT2D eigenvalue weighted by Crippen LogP contribution is -2.46. The van der Waals surface area contributed by atoms with Gasteiger partial charge in [0.2, 0.25) is 5.91 Å². The van der Waals surface area contributed by atoms with Gasteiger partial charge in [0.25, 0.3) is 0 Å². The van der Waals surface area contributed by atoms with Crippen LogP contribution in [0.5, 0.6) is 0 Å². The molecule has 1 N–H and O–H groups in total. The molecule has 26 heavy (non-hydrogen) atoms. The molecule has 2 aromatic carbocycles. The Morgan fingerprint density at radius 3 is 2.69 bits per heavy atom. The van der Waals surface area contributed by atoms with E-state index in [0.29, 0.717) is 16.4 Å². The van der Waals surface area contributed by atoms with Gasteiger partial charge in [0.05, 0.1) is 17.4 Å². The molecule has 0 spiro atoms. The highest BCUT2D eigenvalue weighted by Crippen LogP contribution is 2.45. The Hall–Kier alpha value is -2.66. The van der Waals surface area contributed by atoms with Gasteiger partial charge in [0, 0.05) is 23.1 Å². The molecule has 1 aliphatic carbocycles. The van der Waals surface area contributed by atoms with Gasteiger partial charge in [-0.3, -0.25) is 4.79 Å². The normalized spacial score (nSPS) is 15.3. The van der Waals surface area contributed by atoms with Gasteiger partial charge in [-0.25, -0.2) is 9.37 Å². The molecule has 4 nitrogen and oxygen atoms in total. The molecule has 0 unspecified atom stereocenters. The predicted molar refractivity (Wildman–Crippen MR) is 99.1 cm³/mol. The van der Waals surface area contributed by atoms with Crippen LogP contribution in [0.2, 0.25) is 5.02 Å². The maximum Gasteiger partial charge on any atom is 0.235 e. The van der Waals surface area contributed by atoms with Crippen LogP contribution in [0.3, 0.4) is 0 Å². The molecule has 3 aromatic rings. The molecule has 4 rings (SSSR count). The number of anilines is 1. The summed E-state index contributed by atoms with van der Waals surface area (Å²) in [7, 11) is 0.